The monoisotopic (exact) mass is 398 g/mol. The van der Waals surface area contributed by atoms with Gasteiger partial charge >= 0.3 is 0 Å². The molecular formula is C22H23ClN2O3. The van der Waals surface area contributed by atoms with Crippen LogP contribution in [-0.4, -0.2) is 27.5 Å². The first-order chi connectivity index (χ1) is 13.3. The number of nitrogens with zero attached hydrogens (tertiary/aromatic N) is 1. The predicted octanol–water partition coefficient (Wildman–Crippen LogP) is 4.45. The standard InChI is InChI=1S/C22H23ClN2O3/c1-4-13(2)24-21(27)12-18-14(3)25(20-10-9-17(26)11-19(18)20)22(28)15-5-7-16(23)8-6-15/h5-11,13,26H,4,12H2,1-3H3,(H,24,27). The number of hydrogen-bond acceptors (Lipinski definition) is 3. The third-order valence-corrected chi connectivity index (χ3v) is 5.22. The third kappa shape index (κ3) is 3.90. The minimum Gasteiger partial charge on any atom is -0.508 e. The molecule has 0 aliphatic heterocycles. The first kappa shape index (κ1) is 20.0. The second-order valence-corrected chi connectivity index (χ2v) is 7.40. The molecule has 2 aromatic carbocycles. The van der Waals surface area contributed by atoms with Crippen LogP contribution in [-0.2, 0) is 11.2 Å². The summed E-state index contributed by atoms with van der Waals surface area (Å²) in [5, 5.41) is 14.1. The number of amides is 1. The molecule has 6 heteroatoms. The molecule has 28 heavy (non-hydrogen) atoms. The van der Waals surface area contributed by atoms with E-state index in [0.717, 1.165) is 12.0 Å². The van der Waals surface area contributed by atoms with E-state index < -0.39 is 0 Å². The third-order valence-electron chi connectivity index (χ3n) is 4.97. The molecule has 5 nitrogen and oxygen atoms in total. The summed E-state index contributed by atoms with van der Waals surface area (Å²) < 4.78 is 1.59. The number of aromatic nitrogens is 1. The molecule has 1 aromatic heterocycles. The van der Waals surface area contributed by atoms with Gasteiger partial charge in [-0.15, -0.1) is 0 Å². The predicted molar refractivity (Wildman–Crippen MR) is 111 cm³/mol. The quantitative estimate of drug-likeness (QED) is 0.666. The molecule has 1 unspecified atom stereocenters. The number of rotatable bonds is 5. The number of phenolic OH excluding ortho intramolecular Hbond substituents is 1. The molecule has 146 valence electrons. The van der Waals surface area contributed by atoms with Crippen LogP contribution in [0, 0.1) is 6.92 Å². The van der Waals surface area contributed by atoms with Gasteiger partial charge in [0.2, 0.25) is 5.91 Å². The molecule has 0 saturated carbocycles. The zero-order valence-corrected chi connectivity index (χ0v) is 16.9. The molecule has 1 heterocycles. The molecule has 2 N–H and O–H groups in total. The molecule has 3 aromatic rings. The number of carbonyl (C=O) groups is 2. The van der Waals surface area contributed by atoms with Crippen LogP contribution in [0.1, 0.15) is 41.9 Å². The first-order valence-electron chi connectivity index (χ1n) is 9.24. The number of halogens is 1. The zero-order valence-electron chi connectivity index (χ0n) is 16.1. The maximum Gasteiger partial charge on any atom is 0.262 e. The van der Waals surface area contributed by atoms with Gasteiger partial charge in [-0.2, -0.15) is 0 Å². The Bertz CT molecular complexity index is 1040. The number of fused-ring (bicyclic) bond motifs is 1. The molecular weight excluding hydrogens is 376 g/mol. The van der Waals surface area contributed by atoms with Gasteiger partial charge in [-0.05, 0) is 68.3 Å². The van der Waals surface area contributed by atoms with Crippen molar-refractivity contribution in [2.24, 2.45) is 0 Å². The molecule has 1 amide bonds. The summed E-state index contributed by atoms with van der Waals surface area (Å²) in [5.74, 6) is -0.232. The maximum atomic E-state index is 13.2. The minimum atomic E-state index is -0.210. The normalized spacial score (nSPS) is 12.1. The van der Waals surface area contributed by atoms with Crippen molar-refractivity contribution < 1.29 is 14.7 Å². The van der Waals surface area contributed by atoms with Gasteiger partial charge in [0.1, 0.15) is 5.75 Å². The van der Waals surface area contributed by atoms with E-state index in [-0.39, 0.29) is 30.0 Å². The molecule has 0 aliphatic rings. The highest BCUT2D eigenvalue weighted by Gasteiger charge is 2.22. The van der Waals surface area contributed by atoms with Crippen LogP contribution in [0.2, 0.25) is 5.02 Å². The first-order valence-corrected chi connectivity index (χ1v) is 9.62. The highest BCUT2D eigenvalue weighted by Crippen LogP contribution is 2.30. The van der Waals surface area contributed by atoms with E-state index in [1.54, 1.807) is 41.0 Å². The fourth-order valence-electron chi connectivity index (χ4n) is 3.27. The van der Waals surface area contributed by atoms with Gasteiger partial charge in [0.25, 0.3) is 5.91 Å². The summed E-state index contributed by atoms with van der Waals surface area (Å²) in [6.07, 6.45) is 0.972. The molecule has 0 fully saturated rings. The van der Waals surface area contributed by atoms with E-state index in [9.17, 15) is 14.7 Å². The van der Waals surface area contributed by atoms with Crippen molar-refractivity contribution in [2.45, 2.75) is 39.7 Å². The van der Waals surface area contributed by atoms with Gasteiger partial charge in [0, 0.05) is 27.7 Å². The summed E-state index contributed by atoms with van der Waals surface area (Å²) in [6, 6.07) is 11.6. The Morgan fingerprint density at radius 2 is 1.86 bits per heavy atom. The van der Waals surface area contributed by atoms with Gasteiger partial charge < -0.3 is 10.4 Å². The van der Waals surface area contributed by atoms with Crippen molar-refractivity contribution in [3.8, 4) is 5.75 Å². The summed E-state index contributed by atoms with van der Waals surface area (Å²) >= 11 is 5.93. The average molecular weight is 399 g/mol. The van der Waals surface area contributed by atoms with Crippen molar-refractivity contribution >= 4 is 34.3 Å². The highest BCUT2D eigenvalue weighted by molar-refractivity contribution is 6.30. The fourth-order valence-corrected chi connectivity index (χ4v) is 3.39. The van der Waals surface area contributed by atoms with Crippen molar-refractivity contribution in [1.29, 1.82) is 0 Å². The second kappa shape index (κ2) is 8.07. The summed E-state index contributed by atoms with van der Waals surface area (Å²) in [6.45, 7) is 5.77. The fraction of sp³-hybridized carbons (Fsp3) is 0.273. The largest absolute Gasteiger partial charge is 0.508 e. The number of hydrogen-bond donors (Lipinski definition) is 2. The van der Waals surface area contributed by atoms with Crippen LogP contribution in [0.5, 0.6) is 5.75 Å². The Morgan fingerprint density at radius 1 is 1.18 bits per heavy atom. The minimum absolute atomic E-state index is 0.0743. The van der Waals surface area contributed by atoms with Gasteiger partial charge in [-0.1, -0.05) is 18.5 Å². The molecule has 3 rings (SSSR count). The second-order valence-electron chi connectivity index (χ2n) is 6.97. The smallest absolute Gasteiger partial charge is 0.262 e. The average Bonchev–Trinajstić information content (AvgIpc) is 2.93. The van der Waals surface area contributed by atoms with Crippen LogP contribution in [0.25, 0.3) is 10.9 Å². The lowest BCUT2D eigenvalue weighted by molar-refractivity contribution is -0.121. The van der Waals surface area contributed by atoms with Gasteiger partial charge in [-0.25, -0.2) is 0 Å². The Hall–Kier alpha value is -2.79. The number of aromatic hydroxyl groups is 1. The lowest BCUT2D eigenvalue weighted by Crippen LogP contribution is -2.33. The number of benzene rings is 2. The Balaban J connectivity index is 2.08. The molecule has 0 radical (unpaired) electrons. The van der Waals surface area contributed by atoms with Crippen LogP contribution < -0.4 is 5.32 Å². The molecule has 0 aliphatic carbocycles. The number of phenols is 1. The van der Waals surface area contributed by atoms with Crippen LogP contribution in [0.4, 0.5) is 0 Å². The molecule has 0 saturated heterocycles. The lowest BCUT2D eigenvalue weighted by atomic mass is 10.1. The van der Waals surface area contributed by atoms with Crippen LogP contribution >= 0.6 is 11.6 Å². The topological polar surface area (TPSA) is 71.3 Å². The maximum absolute atomic E-state index is 13.2. The van der Waals surface area contributed by atoms with Crippen molar-refractivity contribution in [1.82, 2.24) is 9.88 Å². The van der Waals surface area contributed by atoms with Crippen molar-refractivity contribution in [3.05, 3.63) is 64.3 Å². The van der Waals surface area contributed by atoms with E-state index >= 15 is 0 Å². The van der Waals surface area contributed by atoms with E-state index in [2.05, 4.69) is 5.32 Å². The van der Waals surface area contributed by atoms with Gasteiger partial charge in [0.15, 0.2) is 0 Å². The summed E-state index contributed by atoms with van der Waals surface area (Å²) in [7, 11) is 0. The van der Waals surface area contributed by atoms with Gasteiger partial charge in [-0.3, -0.25) is 14.2 Å². The van der Waals surface area contributed by atoms with Crippen molar-refractivity contribution in [3.63, 3.8) is 0 Å². The number of nitrogens with one attached hydrogen (secondary N) is 1. The SMILES string of the molecule is CCC(C)NC(=O)Cc1c(C)n(C(=O)c2ccc(Cl)cc2)c2ccc(O)cc12. The van der Waals surface area contributed by atoms with E-state index in [0.29, 0.717) is 27.2 Å². The van der Waals surface area contributed by atoms with Crippen LogP contribution in [0.3, 0.4) is 0 Å². The zero-order chi connectivity index (χ0) is 20.4. The highest BCUT2D eigenvalue weighted by atomic mass is 35.5. The Labute approximate surface area is 168 Å². The van der Waals surface area contributed by atoms with E-state index in [4.69, 9.17) is 11.6 Å². The van der Waals surface area contributed by atoms with E-state index in [1.165, 1.54) is 6.07 Å². The number of carbonyl (C=O) groups excluding carboxylic acids is 2. The van der Waals surface area contributed by atoms with Crippen LogP contribution in [0.15, 0.2) is 42.5 Å². The summed E-state index contributed by atoms with van der Waals surface area (Å²) in [4.78, 5) is 25.6. The Kier molecular flexibility index (Phi) is 5.75. The molecule has 0 spiro atoms. The van der Waals surface area contributed by atoms with Gasteiger partial charge in [0.05, 0.1) is 11.9 Å². The van der Waals surface area contributed by atoms with E-state index in [1.807, 2.05) is 20.8 Å². The lowest BCUT2D eigenvalue weighted by Gasteiger charge is -2.12. The summed E-state index contributed by atoms with van der Waals surface area (Å²) in [5.41, 5.74) is 2.56. The molecule has 1 atom stereocenters. The molecule has 0 bridgehead atoms. The van der Waals surface area contributed by atoms with Crippen molar-refractivity contribution in [2.75, 3.05) is 0 Å². The Morgan fingerprint density at radius 3 is 2.50 bits per heavy atom.